The van der Waals surface area contributed by atoms with Crippen molar-refractivity contribution in [3.8, 4) is 5.75 Å². The zero-order valence-corrected chi connectivity index (χ0v) is 11.4. The van der Waals surface area contributed by atoms with Crippen molar-refractivity contribution in [2.24, 2.45) is 0 Å². The van der Waals surface area contributed by atoms with E-state index in [4.69, 9.17) is 4.74 Å². The number of thioether (sulfide) groups is 1. The van der Waals surface area contributed by atoms with E-state index < -0.39 is 0 Å². The Kier molecular flexibility index (Phi) is 3.30. The van der Waals surface area contributed by atoms with E-state index in [0.29, 0.717) is 0 Å². The monoisotopic (exact) mass is 270 g/mol. The number of Topliss-reactive ketones (excluding diaryl/α,β-unsaturated/α-hetero) is 1. The normalized spacial score (nSPS) is 17.0. The van der Waals surface area contributed by atoms with Gasteiger partial charge in [-0.2, -0.15) is 0 Å². The molecule has 0 saturated carbocycles. The van der Waals surface area contributed by atoms with Crippen molar-refractivity contribution >= 4 is 17.5 Å². The van der Waals surface area contributed by atoms with Crippen molar-refractivity contribution in [2.75, 3.05) is 12.9 Å². The fourth-order valence-electron chi connectivity index (χ4n) is 2.34. The van der Waals surface area contributed by atoms with Gasteiger partial charge in [-0.15, -0.1) is 11.8 Å². The predicted octanol–water partition coefficient (Wildman–Crippen LogP) is 3.77. The highest BCUT2D eigenvalue weighted by molar-refractivity contribution is 7.99. The Morgan fingerprint density at radius 1 is 1.16 bits per heavy atom. The molecule has 2 aromatic carbocycles. The highest BCUT2D eigenvalue weighted by Gasteiger charge is 2.29. The van der Waals surface area contributed by atoms with Gasteiger partial charge in [-0.3, -0.25) is 4.79 Å². The molecule has 0 amide bonds. The molecule has 2 aromatic rings. The van der Waals surface area contributed by atoms with Gasteiger partial charge in [0.1, 0.15) is 5.75 Å². The molecular formula is C16H14O2S. The van der Waals surface area contributed by atoms with Crippen LogP contribution in [0.15, 0.2) is 53.4 Å². The third-order valence-electron chi connectivity index (χ3n) is 3.39. The molecule has 0 bridgehead atoms. The van der Waals surface area contributed by atoms with Gasteiger partial charge in [-0.1, -0.05) is 18.2 Å². The lowest BCUT2D eigenvalue weighted by Gasteiger charge is -2.10. The molecule has 1 unspecified atom stereocenters. The molecule has 19 heavy (non-hydrogen) atoms. The molecule has 1 aliphatic rings. The maximum atomic E-state index is 12.6. The van der Waals surface area contributed by atoms with Crippen LogP contribution in [0, 0.1) is 0 Å². The number of rotatable bonds is 3. The third-order valence-corrected chi connectivity index (χ3v) is 4.57. The molecule has 0 radical (unpaired) electrons. The molecule has 0 spiro atoms. The summed E-state index contributed by atoms with van der Waals surface area (Å²) in [6, 6.07) is 15.5. The number of carbonyl (C=O) groups is 1. The van der Waals surface area contributed by atoms with Gasteiger partial charge >= 0.3 is 0 Å². The SMILES string of the molecule is COc1ccc(C(=O)C2CSc3ccccc32)cc1. The minimum atomic E-state index is -0.0189. The Balaban J connectivity index is 1.89. The predicted molar refractivity (Wildman–Crippen MR) is 77.2 cm³/mol. The van der Waals surface area contributed by atoms with E-state index in [0.717, 1.165) is 22.6 Å². The van der Waals surface area contributed by atoms with Crippen molar-refractivity contribution < 1.29 is 9.53 Å². The highest BCUT2D eigenvalue weighted by atomic mass is 32.2. The molecule has 0 saturated heterocycles. The van der Waals surface area contributed by atoms with Crippen molar-refractivity contribution in [3.63, 3.8) is 0 Å². The first-order chi connectivity index (χ1) is 9.29. The number of fused-ring (bicyclic) bond motifs is 1. The molecule has 0 N–H and O–H groups in total. The van der Waals surface area contributed by atoms with Crippen LogP contribution in [0.25, 0.3) is 0 Å². The summed E-state index contributed by atoms with van der Waals surface area (Å²) in [7, 11) is 1.63. The smallest absolute Gasteiger partial charge is 0.171 e. The van der Waals surface area contributed by atoms with E-state index >= 15 is 0 Å². The molecule has 0 aliphatic carbocycles. The van der Waals surface area contributed by atoms with Gasteiger partial charge in [0.2, 0.25) is 0 Å². The fourth-order valence-corrected chi connectivity index (χ4v) is 3.57. The minimum absolute atomic E-state index is 0.0189. The lowest BCUT2D eigenvalue weighted by molar-refractivity contribution is 0.0968. The average Bonchev–Trinajstić information content (AvgIpc) is 2.90. The second-order valence-corrected chi connectivity index (χ2v) is 5.56. The Labute approximate surface area is 116 Å². The summed E-state index contributed by atoms with van der Waals surface area (Å²) >= 11 is 1.76. The summed E-state index contributed by atoms with van der Waals surface area (Å²) in [6.07, 6.45) is 0. The first kappa shape index (κ1) is 12.3. The van der Waals surface area contributed by atoms with Crippen LogP contribution < -0.4 is 4.74 Å². The van der Waals surface area contributed by atoms with Crippen LogP contribution in [0.3, 0.4) is 0 Å². The lowest BCUT2D eigenvalue weighted by atomic mass is 9.92. The van der Waals surface area contributed by atoms with E-state index in [-0.39, 0.29) is 11.7 Å². The van der Waals surface area contributed by atoms with Gasteiger partial charge in [0.15, 0.2) is 5.78 Å². The number of ketones is 1. The zero-order chi connectivity index (χ0) is 13.2. The molecule has 0 aromatic heterocycles. The zero-order valence-electron chi connectivity index (χ0n) is 10.6. The van der Waals surface area contributed by atoms with Gasteiger partial charge < -0.3 is 4.74 Å². The Hall–Kier alpha value is -1.74. The molecule has 2 nitrogen and oxygen atoms in total. The van der Waals surface area contributed by atoms with E-state index in [9.17, 15) is 4.79 Å². The average molecular weight is 270 g/mol. The van der Waals surface area contributed by atoms with Gasteiger partial charge in [0.05, 0.1) is 13.0 Å². The first-order valence-corrected chi connectivity index (χ1v) is 7.18. The fraction of sp³-hybridized carbons (Fsp3) is 0.188. The molecule has 96 valence electrons. The minimum Gasteiger partial charge on any atom is -0.497 e. The van der Waals surface area contributed by atoms with Crippen LogP contribution in [0.5, 0.6) is 5.75 Å². The number of methoxy groups -OCH3 is 1. The van der Waals surface area contributed by atoms with Gasteiger partial charge in [0.25, 0.3) is 0 Å². The number of hydrogen-bond donors (Lipinski definition) is 0. The largest absolute Gasteiger partial charge is 0.497 e. The van der Waals surface area contributed by atoms with Crippen molar-refractivity contribution in [3.05, 3.63) is 59.7 Å². The molecule has 0 fully saturated rings. The summed E-state index contributed by atoms with van der Waals surface area (Å²) in [5.74, 6) is 1.79. The Morgan fingerprint density at radius 3 is 2.63 bits per heavy atom. The summed E-state index contributed by atoms with van der Waals surface area (Å²) < 4.78 is 5.12. The van der Waals surface area contributed by atoms with Crippen LogP contribution in [-0.4, -0.2) is 18.6 Å². The summed E-state index contributed by atoms with van der Waals surface area (Å²) in [5, 5.41) is 0. The maximum absolute atomic E-state index is 12.6. The second kappa shape index (κ2) is 5.10. The first-order valence-electron chi connectivity index (χ1n) is 6.19. The number of ether oxygens (including phenoxy) is 1. The summed E-state index contributed by atoms with van der Waals surface area (Å²) in [6.45, 7) is 0. The van der Waals surface area contributed by atoms with Crippen molar-refractivity contribution in [1.29, 1.82) is 0 Å². The molecule has 1 aliphatic heterocycles. The number of benzene rings is 2. The molecule has 1 atom stereocenters. The van der Waals surface area contributed by atoms with E-state index in [1.807, 2.05) is 36.4 Å². The molecule has 3 rings (SSSR count). The van der Waals surface area contributed by atoms with Crippen LogP contribution >= 0.6 is 11.8 Å². The standard InChI is InChI=1S/C16H14O2S/c1-18-12-8-6-11(7-9-12)16(17)14-10-19-15-5-3-2-4-13(14)15/h2-9,14H,10H2,1H3. The van der Waals surface area contributed by atoms with E-state index in [1.165, 1.54) is 4.90 Å². The second-order valence-electron chi connectivity index (χ2n) is 4.49. The summed E-state index contributed by atoms with van der Waals surface area (Å²) in [4.78, 5) is 13.8. The maximum Gasteiger partial charge on any atom is 0.171 e. The van der Waals surface area contributed by atoms with E-state index in [1.54, 1.807) is 18.9 Å². The van der Waals surface area contributed by atoms with Gasteiger partial charge in [-0.05, 0) is 35.9 Å². The third kappa shape index (κ3) is 2.26. The lowest BCUT2D eigenvalue weighted by Crippen LogP contribution is -2.12. The van der Waals surface area contributed by atoms with E-state index in [2.05, 4.69) is 12.1 Å². The molecule has 3 heteroatoms. The molecule has 1 heterocycles. The van der Waals surface area contributed by atoms with Gasteiger partial charge in [0, 0.05) is 16.2 Å². The van der Waals surface area contributed by atoms with Crippen LogP contribution in [0.2, 0.25) is 0 Å². The summed E-state index contributed by atoms with van der Waals surface area (Å²) in [5.41, 5.74) is 1.91. The van der Waals surface area contributed by atoms with Crippen LogP contribution in [0.4, 0.5) is 0 Å². The van der Waals surface area contributed by atoms with Crippen molar-refractivity contribution in [2.45, 2.75) is 10.8 Å². The molecular weight excluding hydrogens is 256 g/mol. The number of hydrogen-bond acceptors (Lipinski definition) is 3. The van der Waals surface area contributed by atoms with Crippen LogP contribution in [-0.2, 0) is 0 Å². The van der Waals surface area contributed by atoms with Gasteiger partial charge in [-0.25, -0.2) is 0 Å². The van der Waals surface area contributed by atoms with Crippen molar-refractivity contribution in [1.82, 2.24) is 0 Å². The Bertz CT molecular complexity index is 604. The van der Waals surface area contributed by atoms with Crippen LogP contribution in [0.1, 0.15) is 21.8 Å². The number of carbonyl (C=O) groups excluding carboxylic acids is 1. The Morgan fingerprint density at radius 2 is 1.89 bits per heavy atom. The highest BCUT2D eigenvalue weighted by Crippen LogP contribution is 2.40. The quantitative estimate of drug-likeness (QED) is 0.794. The topological polar surface area (TPSA) is 26.3 Å².